The molecule has 12 nitrogen and oxygen atoms in total. The van der Waals surface area contributed by atoms with E-state index in [9.17, 15) is 0 Å². The molecule has 0 unspecified atom stereocenters. The molecule has 0 bridgehead atoms. The van der Waals surface area contributed by atoms with Crippen molar-refractivity contribution in [2.45, 2.75) is 158 Å². The second kappa shape index (κ2) is 22.5. The number of nitrogens with zero attached hydrogens (tertiary/aromatic N) is 12. The highest BCUT2D eigenvalue weighted by Crippen LogP contribution is 2.53. The summed E-state index contributed by atoms with van der Waals surface area (Å²) < 4.78 is 8.99. The molecule has 0 fully saturated rings. The summed E-state index contributed by atoms with van der Waals surface area (Å²) in [7, 11) is 0. The highest BCUT2D eigenvalue weighted by Gasteiger charge is 2.32. The van der Waals surface area contributed by atoms with Crippen molar-refractivity contribution in [1.29, 1.82) is 0 Å². The molecule has 0 N–H and O–H groups in total. The van der Waals surface area contributed by atoms with E-state index in [0.29, 0.717) is 0 Å². The Morgan fingerprint density at radius 1 is 0.284 bits per heavy atom. The summed E-state index contributed by atoms with van der Waals surface area (Å²) in [4.78, 5) is 19.5. The second-order valence-electron chi connectivity index (χ2n) is 27.7. The molecule has 0 aliphatic carbocycles. The third-order valence-electron chi connectivity index (χ3n) is 17.7. The summed E-state index contributed by atoms with van der Waals surface area (Å²) >= 11 is 0. The molecule has 12 aromatic rings. The molecule has 0 atom stereocenters. The molecule has 0 radical (unpaired) electrons. The second-order valence-corrected chi connectivity index (χ2v) is 27.7. The van der Waals surface area contributed by atoms with Gasteiger partial charge in [0.1, 0.15) is 25.3 Å². The van der Waals surface area contributed by atoms with E-state index in [-0.39, 0.29) is 21.7 Å². The predicted molar refractivity (Wildman–Crippen MR) is 367 cm³/mol. The van der Waals surface area contributed by atoms with Gasteiger partial charge in [0.15, 0.2) is 0 Å². The van der Waals surface area contributed by atoms with E-state index in [4.69, 9.17) is 19.9 Å². The highest BCUT2D eigenvalue weighted by molar-refractivity contribution is 6.32. The van der Waals surface area contributed by atoms with Crippen LogP contribution in [-0.2, 0) is 47.3 Å². The van der Waals surface area contributed by atoms with Gasteiger partial charge in [-0.25, -0.2) is 58.7 Å². The molecule has 88 heavy (non-hydrogen) atoms. The summed E-state index contributed by atoms with van der Waals surface area (Å²) in [6, 6.07) is 50.8. The van der Waals surface area contributed by atoms with Crippen molar-refractivity contribution in [3.05, 3.63) is 229 Å². The van der Waals surface area contributed by atoms with Gasteiger partial charge >= 0.3 is 0 Å². The molecular formula is C76H86N12. The minimum Gasteiger partial charge on any atom is -0.248 e. The van der Waals surface area contributed by atoms with Gasteiger partial charge in [0.05, 0.1) is 93.1 Å². The molecule has 4 aromatic heterocycles. The Morgan fingerprint density at radius 2 is 0.477 bits per heavy atom. The van der Waals surface area contributed by atoms with Gasteiger partial charge < -0.3 is 0 Å². The van der Waals surface area contributed by atoms with Crippen molar-refractivity contribution in [1.82, 2.24) is 38.6 Å². The molecule has 12 heteroatoms. The van der Waals surface area contributed by atoms with Gasteiger partial charge in [-0.05, 0) is 130 Å². The molecule has 0 aliphatic heterocycles. The fraction of sp³-hybridized carbons (Fsp3) is 0.316. The first-order chi connectivity index (χ1) is 42.0. The summed E-state index contributed by atoms with van der Waals surface area (Å²) in [5.74, 6) is 0. The maximum atomic E-state index is 4.89. The summed E-state index contributed by atoms with van der Waals surface area (Å²) in [5, 5.41) is 16.1. The van der Waals surface area contributed by atoms with E-state index < -0.39 is 0 Å². The van der Waals surface area contributed by atoms with Crippen LogP contribution < -0.4 is 20.0 Å². The van der Waals surface area contributed by atoms with Crippen molar-refractivity contribution in [2.24, 2.45) is 0 Å². The fourth-order valence-corrected chi connectivity index (χ4v) is 12.5. The zero-order valence-electron chi connectivity index (χ0n) is 54.5. The molecule has 8 aromatic carbocycles. The lowest BCUT2D eigenvalue weighted by molar-refractivity contribution is 0.590. The van der Waals surface area contributed by atoms with Gasteiger partial charge in [-0.15, -0.1) is 0 Å². The third kappa shape index (κ3) is 10.5. The molecule has 0 amide bonds. The Kier molecular flexibility index (Phi) is 15.1. The van der Waals surface area contributed by atoms with Crippen LogP contribution in [0.5, 0.6) is 0 Å². The van der Waals surface area contributed by atoms with Crippen LogP contribution in [0, 0.1) is 0 Å². The first-order valence-corrected chi connectivity index (χ1v) is 31.5. The number of aromatic nitrogens is 8. The Morgan fingerprint density at radius 3 is 0.648 bits per heavy atom. The SMILES string of the molecule is CCc1cncn1N(c1ccc(C(C)(C)C)cc1)c1cc(N(c2ccc(C(C)(C)C)cc2)n2cncc2CC)c2ccc3c(N(c4ccc(C(C)(C)C)cc4)n4cncc4CC)cc(N(c4ccc(C(C)(C)C)cc4)n4cncc4CC)c4ccc1c2c43. The number of hydrogen-bond acceptors (Lipinski definition) is 8. The van der Waals surface area contributed by atoms with Crippen LogP contribution in [-0.4, -0.2) is 38.6 Å². The van der Waals surface area contributed by atoms with E-state index in [1.54, 1.807) is 0 Å². The van der Waals surface area contributed by atoms with Crippen LogP contribution in [0.2, 0.25) is 0 Å². The first-order valence-electron chi connectivity index (χ1n) is 31.5. The minimum absolute atomic E-state index is 0.0540. The zero-order chi connectivity index (χ0) is 62.2. The third-order valence-corrected chi connectivity index (χ3v) is 17.7. The number of benzene rings is 8. The molecule has 450 valence electrons. The summed E-state index contributed by atoms with van der Waals surface area (Å²) in [6.07, 6.45) is 19.0. The molecule has 0 saturated carbocycles. The Bertz CT molecular complexity index is 3850. The van der Waals surface area contributed by atoms with E-state index in [2.05, 4.69) is 283 Å². The molecular weight excluding hydrogens is 1080 g/mol. The number of hydrogen-bond donors (Lipinski definition) is 0. The Hall–Kier alpha value is -9.16. The van der Waals surface area contributed by atoms with E-state index in [0.717, 1.165) is 126 Å². The van der Waals surface area contributed by atoms with Crippen molar-refractivity contribution in [2.75, 3.05) is 20.0 Å². The van der Waals surface area contributed by atoms with Crippen molar-refractivity contribution in [3.8, 4) is 0 Å². The smallest absolute Gasteiger partial charge is 0.115 e. The van der Waals surface area contributed by atoms with Gasteiger partial charge in [0.2, 0.25) is 0 Å². The molecule has 4 heterocycles. The van der Waals surface area contributed by atoms with Crippen molar-refractivity contribution < 1.29 is 0 Å². The lowest BCUT2D eigenvalue weighted by Gasteiger charge is -2.36. The topological polar surface area (TPSA) is 84.2 Å². The van der Waals surface area contributed by atoms with Crippen LogP contribution >= 0.6 is 0 Å². The molecule has 0 aliphatic rings. The first kappa shape index (κ1) is 59.2. The van der Waals surface area contributed by atoms with E-state index in [1.165, 1.54) is 22.3 Å². The number of anilines is 8. The van der Waals surface area contributed by atoms with Crippen LogP contribution in [0.1, 0.15) is 156 Å². The van der Waals surface area contributed by atoms with Crippen molar-refractivity contribution >= 4 is 77.8 Å². The Balaban J connectivity index is 1.29. The van der Waals surface area contributed by atoms with Gasteiger partial charge in [-0.3, -0.25) is 0 Å². The average Bonchev–Trinajstić information content (AvgIpc) is 0.900. The van der Waals surface area contributed by atoms with Crippen LogP contribution in [0.15, 0.2) is 184 Å². The lowest BCUT2D eigenvalue weighted by Crippen LogP contribution is -2.29. The Labute approximate surface area is 520 Å². The summed E-state index contributed by atoms with van der Waals surface area (Å²) in [5.41, 5.74) is 17.1. The monoisotopic (exact) mass is 1170 g/mol. The van der Waals surface area contributed by atoms with Gasteiger partial charge in [0.25, 0.3) is 0 Å². The normalized spacial score (nSPS) is 12.5. The fourth-order valence-electron chi connectivity index (χ4n) is 12.5. The highest BCUT2D eigenvalue weighted by atomic mass is 15.6. The average molecular weight is 1170 g/mol. The van der Waals surface area contributed by atoms with Crippen LogP contribution in [0.25, 0.3) is 32.3 Å². The van der Waals surface area contributed by atoms with Crippen LogP contribution in [0.4, 0.5) is 45.5 Å². The zero-order valence-corrected chi connectivity index (χ0v) is 54.5. The van der Waals surface area contributed by atoms with Gasteiger partial charge in [-0.2, -0.15) is 0 Å². The maximum Gasteiger partial charge on any atom is 0.115 e. The minimum atomic E-state index is -0.0540. The van der Waals surface area contributed by atoms with Gasteiger partial charge in [-0.1, -0.05) is 184 Å². The van der Waals surface area contributed by atoms with E-state index >= 15 is 0 Å². The quantitative estimate of drug-likeness (QED) is 0.0885. The predicted octanol–water partition coefficient (Wildman–Crippen LogP) is 19.2. The number of rotatable bonds is 16. The largest absolute Gasteiger partial charge is 0.248 e. The molecule has 0 spiro atoms. The lowest BCUT2D eigenvalue weighted by atomic mass is 9.87. The standard InChI is InChI=1S/C76H86N12/c1-17-55-43-77-47-81(55)85(59-29-21-51(22-30-59)73(5,6)7)67-41-68(86(82-48-78-44-56(82)18-2)60-31-23-52(24-32-60)74(8,9)10)64-39-40-66-70(88(84-50-80-46-58(84)20-4)62-35-27-54(28-36-62)76(14,15)16)42-69(65-38-37-63(67)71(64)72(65)66)87(83-49-79-45-57(83)19-3)61-33-25-53(26-34-61)75(11,12)13/h21-50H,17-20H2,1-16H3. The number of aryl methyl sites for hydroxylation is 4. The van der Waals surface area contributed by atoms with E-state index in [1.807, 2.05) is 50.1 Å². The molecule has 12 rings (SSSR count). The van der Waals surface area contributed by atoms with Gasteiger partial charge in [0, 0.05) is 32.3 Å². The summed E-state index contributed by atoms with van der Waals surface area (Å²) in [6.45, 7) is 36.2. The molecule has 0 saturated heterocycles. The van der Waals surface area contributed by atoms with Crippen LogP contribution in [0.3, 0.4) is 0 Å². The van der Waals surface area contributed by atoms with Crippen molar-refractivity contribution in [3.63, 3.8) is 0 Å². The number of imidazole rings is 4. The maximum absolute atomic E-state index is 4.89.